The van der Waals surface area contributed by atoms with E-state index in [0.29, 0.717) is 5.88 Å². The molecule has 5 nitrogen and oxygen atoms in total. The molecule has 0 radical (unpaired) electrons. The number of hydrogen-bond acceptors (Lipinski definition) is 5. The number of thioether (sulfide) groups is 1. The molecule has 0 amide bonds. The number of benzene rings is 1. The Morgan fingerprint density at radius 1 is 1.67 bits per heavy atom. The van der Waals surface area contributed by atoms with Crippen LogP contribution in [0.5, 0.6) is 0 Å². The monoisotopic (exact) mass is 285 g/mol. The molecule has 1 aromatic carbocycles. The number of alkyl halides is 1. The summed E-state index contributed by atoms with van der Waals surface area (Å²) in [7, 11) is 0. The molecule has 0 aromatic heterocycles. The molecule has 1 N–H and O–H groups in total. The molecule has 0 fully saturated rings. The van der Waals surface area contributed by atoms with Gasteiger partial charge in [0.2, 0.25) is 0 Å². The second-order valence-corrected chi connectivity index (χ2v) is 5.25. The van der Waals surface area contributed by atoms with Crippen molar-refractivity contribution < 1.29 is 4.92 Å². The molecule has 18 heavy (non-hydrogen) atoms. The van der Waals surface area contributed by atoms with E-state index in [4.69, 9.17) is 11.6 Å². The topological polar surface area (TPSA) is 67.5 Å². The number of nitro benzene ring substituents is 1. The number of non-ortho nitro benzene ring substituents is 1. The number of aryl methyl sites for hydroxylation is 1. The Hall–Kier alpha value is -1.27. The van der Waals surface area contributed by atoms with Gasteiger partial charge in [-0.2, -0.15) is 0 Å². The van der Waals surface area contributed by atoms with Crippen molar-refractivity contribution in [2.75, 3.05) is 16.9 Å². The standard InChI is InChI=1S/C11H12ClN3O2S/c1-7-4-9(15(16)17)2-3-10(7)14-11-13-8(5-12)6-18-11/h2-4,8H,5-6H2,1H3,(H,13,14). The molecule has 0 aliphatic carbocycles. The summed E-state index contributed by atoms with van der Waals surface area (Å²) in [5.74, 6) is 1.38. The summed E-state index contributed by atoms with van der Waals surface area (Å²) in [6.45, 7) is 1.83. The quantitative estimate of drug-likeness (QED) is 0.526. The molecule has 1 heterocycles. The molecular weight excluding hydrogens is 274 g/mol. The van der Waals surface area contributed by atoms with E-state index >= 15 is 0 Å². The summed E-state index contributed by atoms with van der Waals surface area (Å²) < 4.78 is 0. The first-order valence-electron chi connectivity index (χ1n) is 5.39. The molecule has 1 atom stereocenters. The van der Waals surface area contributed by atoms with Gasteiger partial charge in [-0.25, -0.2) is 0 Å². The van der Waals surface area contributed by atoms with Crippen LogP contribution in [-0.2, 0) is 0 Å². The van der Waals surface area contributed by atoms with Crippen LogP contribution in [0.2, 0.25) is 0 Å². The molecule has 1 aliphatic heterocycles. The summed E-state index contributed by atoms with van der Waals surface area (Å²) in [6.07, 6.45) is 0. The summed E-state index contributed by atoms with van der Waals surface area (Å²) in [5.41, 5.74) is 1.75. The first kappa shape index (κ1) is 13.2. The van der Waals surface area contributed by atoms with E-state index in [2.05, 4.69) is 10.3 Å². The van der Waals surface area contributed by atoms with Gasteiger partial charge in [0.25, 0.3) is 5.69 Å². The number of amidine groups is 1. The zero-order valence-corrected chi connectivity index (χ0v) is 11.3. The predicted octanol–water partition coefficient (Wildman–Crippen LogP) is 3.03. The highest BCUT2D eigenvalue weighted by Gasteiger charge is 2.18. The van der Waals surface area contributed by atoms with E-state index in [9.17, 15) is 10.1 Å². The number of aliphatic imine (C=N–C) groups is 1. The minimum atomic E-state index is -0.401. The van der Waals surface area contributed by atoms with Gasteiger partial charge in [-0.1, -0.05) is 11.8 Å². The SMILES string of the molecule is Cc1cc([N+](=O)[O-])ccc1NC1=NC(CCl)CS1. The van der Waals surface area contributed by atoms with Crippen LogP contribution in [0, 0.1) is 17.0 Å². The van der Waals surface area contributed by atoms with Gasteiger partial charge in [-0.3, -0.25) is 15.1 Å². The van der Waals surface area contributed by atoms with Crippen LogP contribution in [-0.4, -0.2) is 27.8 Å². The summed E-state index contributed by atoms with van der Waals surface area (Å²) in [4.78, 5) is 14.6. The first-order valence-corrected chi connectivity index (χ1v) is 6.91. The highest BCUT2D eigenvalue weighted by atomic mass is 35.5. The Morgan fingerprint density at radius 2 is 2.44 bits per heavy atom. The molecule has 0 bridgehead atoms. The van der Waals surface area contributed by atoms with Crippen molar-refractivity contribution in [3.05, 3.63) is 33.9 Å². The average molecular weight is 286 g/mol. The van der Waals surface area contributed by atoms with E-state index in [1.165, 1.54) is 6.07 Å². The number of nitrogens with one attached hydrogen (secondary N) is 1. The van der Waals surface area contributed by atoms with Crippen LogP contribution in [0.15, 0.2) is 23.2 Å². The molecule has 0 spiro atoms. The van der Waals surface area contributed by atoms with Crippen molar-refractivity contribution >= 4 is 39.9 Å². The first-order chi connectivity index (χ1) is 8.60. The summed E-state index contributed by atoms with van der Waals surface area (Å²) in [6, 6.07) is 4.87. The lowest BCUT2D eigenvalue weighted by atomic mass is 10.2. The Balaban J connectivity index is 2.13. The summed E-state index contributed by atoms with van der Waals surface area (Å²) >= 11 is 7.35. The lowest BCUT2D eigenvalue weighted by Gasteiger charge is -2.07. The van der Waals surface area contributed by atoms with E-state index in [0.717, 1.165) is 22.2 Å². The van der Waals surface area contributed by atoms with Gasteiger partial charge in [0.1, 0.15) is 0 Å². The van der Waals surface area contributed by atoms with Gasteiger partial charge in [0.15, 0.2) is 5.17 Å². The smallest absolute Gasteiger partial charge is 0.269 e. The Kier molecular flexibility index (Phi) is 4.08. The number of nitro groups is 1. The van der Waals surface area contributed by atoms with Crippen molar-refractivity contribution in [3.63, 3.8) is 0 Å². The third-order valence-electron chi connectivity index (χ3n) is 2.55. The number of nitrogens with zero attached hydrogens (tertiary/aromatic N) is 2. The molecule has 2 rings (SSSR count). The molecule has 1 unspecified atom stereocenters. The van der Waals surface area contributed by atoms with Gasteiger partial charge in [0.05, 0.1) is 11.0 Å². The van der Waals surface area contributed by atoms with Crippen LogP contribution in [0.3, 0.4) is 0 Å². The lowest BCUT2D eigenvalue weighted by molar-refractivity contribution is -0.384. The predicted molar refractivity (Wildman–Crippen MR) is 75.9 cm³/mol. The van der Waals surface area contributed by atoms with Crippen LogP contribution in [0.1, 0.15) is 5.56 Å². The van der Waals surface area contributed by atoms with Crippen LogP contribution < -0.4 is 5.32 Å². The maximum atomic E-state index is 10.6. The van der Waals surface area contributed by atoms with Crippen LogP contribution in [0.4, 0.5) is 11.4 Å². The normalized spacial score (nSPS) is 18.6. The van der Waals surface area contributed by atoms with E-state index in [1.54, 1.807) is 23.9 Å². The Labute approximate surface area is 114 Å². The number of halogens is 1. The second-order valence-electron chi connectivity index (χ2n) is 3.93. The molecule has 1 aromatic rings. The maximum Gasteiger partial charge on any atom is 0.269 e. The molecule has 7 heteroatoms. The number of rotatable bonds is 3. The maximum absolute atomic E-state index is 10.6. The highest BCUT2D eigenvalue weighted by Crippen LogP contribution is 2.25. The second kappa shape index (κ2) is 5.58. The third kappa shape index (κ3) is 2.94. The number of hydrogen-bond donors (Lipinski definition) is 1. The average Bonchev–Trinajstić information content (AvgIpc) is 2.79. The Bertz CT molecular complexity index is 507. The van der Waals surface area contributed by atoms with Gasteiger partial charge in [-0.05, 0) is 18.6 Å². The van der Waals surface area contributed by atoms with Crippen molar-refractivity contribution in [2.45, 2.75) is 13.0 Å². The fourth-order valence-corrected chi connectivity index (χ4v) is 2.84. The zero-order chi connectivity index (χ0) is 13.1. The van der Waals surface area contributed by atoms with Gasteiger partial charge < -0.3 is 5.32 Å². The highest BCUT2D eigenvalue weighted by molar-refractivity contribution is 8.14. The third-order valence-corrected chi connectivity index (χ3v) is 3.94. The fraction of sp³-hybridized carbons (Fsp3) is 0.364. The van der Waals surface area contributed by atoms with Gasteiger partial charge in [-0.15, -0.1) is 11.6 Å². The van der Waals surface area contributed by atoms with Gasteiger partial charge in [0, 0.05) is 29.5 Å². The molecule has 0 saturated carbocycles. The molecule has 0 saturated heterocycles. The van der Waals surface area contributed by atoms with Crippen molar-refractivity contribution in [3.8, 4) is 0 Å². The number of anilines is 1. The van der Waals surface area contributed by atoms with Crippen LogP contribution >= 0.6 is 23.4 Å². The lowest BCUT2D eigenvalue weighted by Crippen LogP contribution is -2.07. The minimum absolute atomic E-state index is 0.0951. The van der Waals surface area contributed by atoms with Crippen molar-refractivity contribution in [1.82, 2.24) is 0 Å². The zero-order valence-electron chi connectivity index (χ0n) is 9.72. The molecule has 96 valence electrons. The Morgan fingerprint density at radius 3 is 3.00 bits per heavy atom. The van der Waals surface area contributed by atoms with Crippen molar-refractivity contribution in [1.29, 1.82) is 0 Å². The largest absolute Gasteiger partial charge is 0.335 e. The molecule has 1 aliphatic rings. The van der Waals surface area contributed by atoms with Crippen LogP contribution in [0.25, 0.3) is 0 Å². The van der Waals surface area contributed by atoms with E-state index in [-0.39, 0.29) is 11.7 Å². The fourth-order valence-electron chi connectivity index (χ4n) is 1.58. The summed E-state index contributed by atoms with van der Waals surface area (Å²) in [5, 5.41) is 14.6. The minimum Gasteiger partial charge on any atom is -0.335 e. The van der Waals surface area contributed by atoms with E-state index in [1.807, 2.05) is 6.92 Å². The van der Waals surface area contributed by atoms with Gasteiger partial charge >= 0.3 is 0 Å². The van der Waals surface area contributed by atoms with E-state index < -0.39 is 4.92 Å². The molecular formula is C11H12ClN3O2S. The van der Waals surface area contributed by atoms with Crippen molar-refractivity contribution in [2.24, 2.45) is 4.99 Å².